The van der Waals surface area contributed by atoms with E-state index in [9.17, 15) is 19.8 Å². The van der Waals surface area contributed by atoms with Gasteiger partial charge in [0, 0.05) is 12.8 Å². The molecule has 0 aromatic carbocycles. The van der Waals surface area contributed by atoms with Gasteiger partial charge in [-0.1, -0.05) is 353 Å². The SMILES string of the molecule is CCCCCCC/C=C\CCCCCCCC(=O)OCCCCCCCCCCCCCCCCCCCCCCCCCCCC(=O)NC(CO)C(O)/C=C/CCCCCCCCCCCCCCCCCCCCCC. The second kappa shape index (κ2) is 67.8. The zero-order valence-corrected chi connectivity index (χ0v) is 52.9. The van der Waals surface area contributed by atoms with Crippen molar-refractivity contribution in [2.24, 2.45) is 0 Å². The largest absolute Gasteiger partial charge is 0.466 e. The summed E-state index contributed by atoms with van der Waals surface area (Å²) in [6.07, 6.45) is 85.4. The maximum Gasteiger partial charge on any atom is 0.305 e. The van der Waals surface area contributed by atoms with Crippen molar-refractivity contribution in [3.8, 4) is 0 Å². The third-order valence-electron chi connectivity index (χ3n) is 16.7. The average Bonchev–Trinajstić information content (AvgIpc) is 3.44. The minimum atomic E-state index is -0.844. The van der Waals surface area contributed by atoms with E-state index in [-0.39, 0.29) is 18.5 Å². The zero-order chi connectivity index (χ0) is 56.4. The summed E-state index contributed by atoms with van der Waals surface area (Å²) in [6.45, 7) is 4.93. The minimum absolute atomic E-state index is 0.00819. The predicted octanol–water partition coefficient (Wildman–Crippen LogP) is 22.9. The van der Waals surface area contributed by atoms with Gasteiger partial charge in [-0.2, -0.15) is 0 Å². The molecule has 3 N–H and O–H groups in total. The van der Waals surface area contributed by atoms with Crippen LogP contribution in [0, 0.1) is 0 Å². The monoisotopic (exact) mass is 1100 g/mol. The van der Waals surface area contributed by atoms with Crippen LogP contribution in [0.3, 0.4) is 0 Å². The van der Waals surface area contributed by atoms with Crippen LogP contribution >= 0.6 is 0 Å². The van der Waals surface area contributed by atoms with Gasteiger partial charge in [-0.05, 0) is 57.8 Å². The summed E-state index contributed by atoms with van der Waals surface area (Å²) in [5, 5.41) is 23.3. The second-order valence-corrected chi connectivity index (χ2v) is 24.6. The molecule has 2 unspecified atom stereocenters. The standard InChI is InChI=1S/C72H139NO5/c1-3-5-7-9-11-13-15-17-19-20-21-22-28-31-34-37-40-44-48-52-56-60-64-70(75)69(68-74)73-71(76)65-61-57-53-49-45-41-38-35-32-29-26-24-23-25-27-30-33-36-39-43-47-51-55-59-63-67-78-72(77)66-62-58-54-50-46-42-18-16-14-12-10-8-6-4-2/h16,18,60,64,69-70,74-75H,3-15,17,19-59,61-63,65-68H2,1-2H3,(H,73,76)/b18-16-,64-60+. The Hall–Kier alpha value is -1.66. The Kier molecular flexibility index (Phi) is 66.4. The van der Waals surface area contributed by atoms with E-state index in [1.165, 1.54) is 327 Å². The number of amides is 1. The molecule has 0 aliphatic rings. The van der Waals surface area contributed by atoms with Gasteiger partial charge in [0.15, 0.2) is 0 Å². The van der Waals surface area contributed by atoms with Gasteiger partial charge in [-0.3, -0.25) is 9.59 Å². The van der Waals surface area contributed by atoms with Gasteiger partial charge in [0.25, 0.3) is 0 Å². The van der Waals surface area contributed by atoms with E-state index in [1.807, 2.05) is 6.08 Å². The lowest BCUT2D eigenvalue weighted by Gasteiger charge is -2.20. The number of hydrogen-bond acceptors (Lipinski definition) is 5. The number of ether oxygens (including phenoxy) is 1. The highest BCUT2D eigenvalue weighted by molar-refractivity contribution is 5.76. The first kappa shape index (κ1) is 76.3. The summed E-state index contributed by atoms with van der Waals surface area (Å²) < 4.78 is 5.49. The Bertz CT molecular complexity index is 1220. The van der Waals surface area contributed by atoms with Crippen LogP contribution in [0.25, 0.3) is 0 Å². The molecule has 6 heteroatoms. The molecule has 0 fully saturated rings. The maximum atomic E-state index is 12.5. The van der Waals surface area contributed by atoms with Crippen LogP contribution in [0.1, 0.15) is 399 Å². The van der Waals surface area contributed by atoms with Gasteiger partial charge in [0.05, 0.1) is 25.4 Å². The fourth-order valence-corrected chi connectivity index (χ4v) is 11.3. The van der Waals surface area contributed by atoms with Crippen molar-refractivity contribution in [2.45, 2.75) is 411 Å². The van der Waals surface area contributed by atoms with Crippen LogP contribution in [-0.2, 0) is 14.3 Å². The fourth-order valence-electron chi connectivity index (χ4n) is 11.3. The van der Waals surface area contributed by atoms with Crippen LogP contribution in [-0.4, -0.2) is 47.4 Å². The first-order valence-electron chi connectivity index (χ1n) is 35.6. The quantitative estimate of drug-likeness (QED) is 0.0320. The topological polar surface area (TPSA) is 95.9 Å². The summed E-state index contributed by atoms with van der Waals surface area (Å²) >= 11 is 0. The summed E-state index contributed by atoms with van der Waals surface area (Å²) in [6, 6.07) is -0.627. The van der Waals surface area contributed by atoms with Gasteiger partial charge in [0.2, 0.25) is 5.91 Å². The van der Waals surface area contributed by atoms with E-state index in [0.717, 1.165) is 44.9 Å². The molecule has 462 valence electrons. The first-order chi connectivity index (χ1) is 38.5. The molecule has 1 amide bonds. The molecular formula is C72H139NO5. The van der Waals surface area contributed by atoms with Crippen LogP contribution in [0.4, 0.5) is 0 Å². The number of unbranched alkanes of at least 4 members (excludes halogenated alkanes) is 54. The lowest BCUT2D eigenvalue weighted by atomic mass is 10.0. The zero-order valence-electron chi connectivity index (χ0n) is 52.9. The normalized spacial score (nSPS) is 12.6. The minimum Gasteiger partial charge on any atom is -0.466 e. The Labute approximate surface area is 488 Å². The Morgan fingerprint density at radius 3 is 0.910 bits per heavy atom. The molecule has 0 bridgehead atoms. The molecule has 0 rings (SSSR count). The second-order valence-electron chi connectivity index (χ2n) is 24.6. The molecule has 0 aliphatic carbocycles. The number of esters is 1. The van der Waals surface area contributed by atoms with E-state index in [0.29, 0.717) is 19.4 Å². The molecule has 2 atom stereocenters. The van der Waals surface area contributed by atoms with E-state index < -0.39 is 12.1 Å². The van der Waals surface area contributed by atoms with Gasteiger partial charge >= 0.3 is 5.97 Å². The van der Waals surface area contributed by atoms with Crippen molar-refractivity contribution in [1.82, 2.24) is 5.32 Å². The van der Waals surface area contributed by atoms with Crippen molar-refractivity contribution < 1.29 is 24.5 Å². The fraction of sp³-hybridized carbons (Fsp3) is 0.917. The lowest BCUT2D eigenvalue weighted by molar-refractivity contribution is -0.143. The van der Waals surface area contributed by atoms with Crippen molar-refractivity contribution >= 4 is 11.9 Å². The van der Waals surface area contributed by atoms with E-state index >= 15 is 0 Å². The summed E-state index contributed by atoms with van der Waals surface area (Å²) in [5.41, 5.74) is 0. The Morgan fingerprint density at radius 2 is 0.603 bits per heavy atom. The molecule has 0 aliphatic heterocycles. The summed E-state index contributed by atoms with van der Waals surface area (Å²) in [5.74, 6) is -0.0538. The van der Waals surface area contributed by atoms with Crippen LogP contribution in [0.2, 0.25) is 0 Å². The molecule has 78 heavy (non-hydrogen) atoms. The van der Waals surface area contributed by atoms with Gasteiger partial charge in [0.1, 0.15) is 0 Å². The molecule has 0 heterocycles. The van der Waals surface area contributed by atoms with Crippen molar-refractivity contribution in [3.63, 3.8) is 0 Å². The highest BCUT2D eigenvalue weighted by Gasteiger charge is 2.18. The molecule has 0 saturated heterocycles. The first-order valence-corrected chi connectivity index (χ1v) is 35.6. The summed E-state index contributed by atoms with van der Waals surface area (Å²) in [4.78, 5) is 24.6. The molecule has 6 nitrogen and oxygen atoms in total. The number of rotatable bonds is 67. The van der Waals surface area contributed by atoms with Crippen molar-refractivity contribution in [1.29, 1.82) is 0 Å². The predicted molar refractivity (Wildman–Crippen MR) is 343 cm³/mol. The molecular weight excluding hydrogens is 959 g/mol. The molecule has 0 aromatic heterocycles. The highest BCUT2D eigenvalue weighted by atomic mass is 16.5. The van der Waals surface area contributed by atoms with Crippen LogP contribution in [0.15, 0.2) is 24.3 Å². The third kappa shape index (κ3) is 63.5. The number of carbonyl (C=O) groups excluding carboxylic acids is 2. The van der Waals surface area contributed by atoms with E-state index in [2.05, 4.69) is 31.3 Å². The Balaban J connectivity index is 3.39. The number of aliphatic hydroxyl groups excluding tert-OH is 2. The van der Waals surface area contributed by atoms with Crippen LogP contribution in [0.5, 0.6) is 0 Å². The number of hydrogen-bond donors (Lipinski definition) is 3. The number of nitrogens with one attached hydrogen (secondary N) is 1. The van der Waals surface area contributed by atoms with Crippen molar-refractivity contribution in [3.05, 3.63) is 24.3 Å². The number of aliphatic hydroxyl groups is 2. The van der Waals surface area contributed by atoms with E-state index in [1.54, 1.807) is 6.08 Å². The third-order valence-corrected chi connectivity index (χ3v) is 16.7. The number of carbonyl (C=O) groups is 2. The highest BCUT2D eigenvalue weighted by Crippen LogP contribution is 2.19. The maximum absolute atomic E-state index is 12.5. The smallest absolute Gasteiger partial charge is 0.305 e. The van der Waals surface area contributed by atoms with E-state index in [4.69, 9.17) is 4.74 Å². The van der Waals surface area contributed by atoms with Gasteiger partial charge < -0.3 is 20.3 Å². The van der Waals surface area contributed by atoms with Gasteiger partial charge in [-0.15, -0.1) is 0 Å². The molecule has 0 aromatic rings. The molecule has 0 radical (unpaired) electrons. The van der Waals surface area contributed by atoms with Gasteiger partial charge in [-0.25, -0.2) is 0 Å². The molecule has 0 saturated carbocycles. The Morgan fingerprint density at radius 1 is 0.346 bits per heavy atom. The summed E-state index contributed by atoms with van der Waals surface area (Å²) in [7, 11) is 0. The average molecular weight is 1100 g/mol. The number of allylic oxidation sites excluding steroid dienone is 3. The van der Waals surface area contributed by atoms with Crippen LogP contribution < -0.4 is 5.32 Å². The van der Waals surface area contributed by atoms with Crippen molar-refractivity contribution in [2.75, 3.05) is 13.2 Å². The molecule has 0 spiro atoms. The lowest BCUT2D eigenvalue weighted by Crippen LogP contribution is -2.45.